The maximum absolute atomic E-state index is 14.3. The fourth-order valence-corrected chi connectivity index (χ4v) is 8.89. The molecule has 0 aromatic heterocycles. The van der Waals surface area contributed by atoms with E-state index in [1.807, 2.05) is 78.8 Å². The Balaban J connectivity index is 1.70. The maximum Gasteiger partial charge on any atom is 0.407 e. The monoisotopic (exact) mass is 858 g/mol. The average Bonchev–Trinajstić information content (AvgIpc) is 3.87. The van der Waals surface area contributed by atoms with Gasteiger partial charge in [0, 0.05) is 46.7 Å². The summed E-state index contributed by atoms with van der Waals surface area (Å²) >= 11 is 0. The maximum atomic E-state index is 14.3. The van der Waals surface area contributed by atoms with Gasteiger partial charge < -0.3 is 44.7 Å². The highest BCUT2D eigenvalue weighted by Crippen LogP contribution is 2.31. The van der Waals surface area contributed by atoms with Gasteiger partial charge >= 0.3 is 12.1 Å². The number of ether oxygens (including phenoxy) is 4. The van der Waals surface area contributed by atoms with Gasteiger partial charge in [0.2, 0.25) is 23.6 Å². The van der Waals surface area contributed by atoms with Crippen LogP contribution in [0, 0.1) is 23.7 Å². The van der Waals surface area contributed by atoms with E-state index in [0.717, 1.165) is 18.4 Å². The number of alkyl carbamates (subject to hydrolysis) is 1. The fourth-order valence-electron chi connectivity index (χ4n) is 8.89. The van der Waals surface area contributed by atoms with E-state index in [1.165, 1.54) is 14.2 Å². The molecular formula is C46H75N5O10. The van der Waals surface area contributed by atoms with Gasteiger partial charge in [-0.05, 0) is 76.2 Å². The van der Waals surface area contributed by atoms with E-state index in [2.05, 4.69) is 16.0 Å². The Hall–Kier alpha value is -4.24. The Morgan fingerprint density at radius 2 is 1.59 bits per heavy atom. The van der Waals surface area contributed by atoms with Crippen LogP contribution in [0.5, 0.6) is 0 Å². The number of likely N-dealkylation sites (N-methyl/N-ethyl adjacent to an activating group) is 1. The summed E-state index contributed by atoms with van der Waals surface area (Å²) in [4.78, 5) is 84.2. The third-order valence-electron chi connectivity index (χ3n) is 12.3. The van der Waals surface area contributed by atoms with Crippen LogP contribution in [0.25, 0.3) is 0 Å². The molecule has 0 spiro atoms. The van der Waals surface area contributed by atoms with E-state index in [4.69, 9.17) is 18.9 Å². The van der Waals surface area contributed by atoms with E-state index >= 15 is 0 Å². The van der Waals surface area contributed by atoms with Crippen molar-refractivity contribution in [2.24, 2.45) is 23.7 Å². The molecule has 344 valence electrons. The minimum absolute atomic E-state index is 0.0169. The topological polar surface area (TPSA) is 182 Å². The third-order valence-corrected chi connectivity index (χ3v) is 12.3. The lowest BCUT2D eigenvalue weighted by Crippen LogP contribution is -2.58. The predicted octanol–water partition coefficient (Wildman–Crippen LogP) is 5.03. The zero-order valence-electron chi connectivity index (χ0n) is 38.8. The van der Waals surface area contributed by atoms with Gasteiger partial charge in [-0.1, -0.05) is 71.4 Å². The number of rotatable bonds is 21. The summed E-state index contributed by atoms with van der Waals surface area (Å²) in [6, 6.07) is 6.66. The molecule has 10 atom stereocenters. The molecular weight excluding hydrogens is 783 g/mol. The number of benzene rings is 1. The molecule has 0 bridgehead atoms. The van der Waals surface area contributed by atoms with E-state index in [1.54, 1.807) is 30.9 Å². The number of methoxy groups -OCH3 is 3. The van der Waals surface area contributed by atoms with Gasteiger partial charge in [-0.3, -0.25) is 19.2 Å². The summed E-state index contributed by atoms with van der Waals surface area (Å²) in [5.74, 6) is -2.57. The van der Waals surface area contributed by atoms with Crippen LogP contribution >= 0.6 is 0 Å². The lowest BCUT2D eigenvalue weighted by atomic mass is 9.89. The second-order valence-electron chi connectivity index (χ2n) is 18.4. The van der Waals surface area contributed by atoms with E-state index in [-0.39, 0.29) is 60.8 Å². The van der Waals surface area contributed by atoms with Crippen molar-refractivity contribution in [1.82, 2.24) is 25.8 Å². The number of carbonyl (C=O) groups is 6. The number of likely N-dealkylation sites (tertiary alicyclic amines) is 1. The Morgan fingerprint density at radius 3 is 2.16 bits per heavy atom. The smallest absolute Gasteiger partial charge is 0.407 e. The zero-order chi connectivity index (χ0) is 45.6. The third kappa shape index (κ3) is 15.0. The second kappa shape index (κ2) is 23.8. The molecule has 15 heteroatoms. The summed E-state index contributed by atoms with van der Waals surface area (Å²) in [6.07, 6.45) is 2.86. The number of nitrogens with one attached hydrogen (secondary N) is 3. The molecule has 1 aromatic carbocycles. The molecule has 1 aliphatic heterocycles. The van der Waals surface area contributed by atoms with Gasteiger partial charge in [0.15, 0.2) is 0 Å². The molecule has 61 heavy (non-hydrogen) atoms. The van der Waals surface area contributed by atoms with E-state index in [0.29, 0.717) is 32.2 Å². The van der Waals surface area contributed by atoms with Crippen molar-refractivity contribution in [2.75, 3.05) is 34.9 Å². The average molecular weight is 858 g/mol. The van der Waals surface area contributed by atoms with Crippen LogP contribution in [0.4, 0.5) is 4.79 Å². The van der Waals surface area contributed by atoms with Crippen LogP contribution < -0.4 is 16.0 Å². The van der Waals surface area contributed by atoms with Crippen molar-refractivity contribution < 1.29 is 47.7 Å². The minimum atomic E-state index is -0.903. The van der Waals surface area contributed by atoms with Crippen molar-refractivity contribution in [3.8, 4) is 0 Å². The quantitative estimate of drug-likeness (QED) is 0.142. The first-order chi connectivity index (χ1) is 28.7. The first-order valence-electron chi connectivity index (χ1n) is 22.1. The Bertz CT molecular complexity index is 1600. The van der Waals surface area contributed by atoms with Gasteiger partial charge in [-0.25, -0.2) is 9.59 Å². The zero-order valence-corrected chi connectivity index (χ0v) is 38.8. The first kappa shape index (κ1) is 51.1. The predicted molar refractivity (Wildman–Crippen MR) is 232 cm³/mol. The molecule has 0 radical (unpaired) electrons. The summed E-state index contributed by atoms with van der Waals surface area (Å²) in [5, 5.41) is 8.79. The summed E-state index contributed by atoms with van der Waals surface area (Å²) in [6.45, 7) is 15.5. The standard InChI is InChI=1S/C46H75N5O10/c1-13-29(4)40(50(9)43(55)39(28(2)3)49-37(52)26-32-21-22-33(24-32)47-45(57)61-46(6,7)8)36(58-10)27-38(53)51-23-17-20-35(51)41(59-11)30(5)42(54)48-34(44(56)60-12)25-31-18-15-14-16-19-31/h14-16,18-19,28-30,32-36,39-41H,13,17,20-27H2,1-12H3,(H,47,57)(H,48,54)(H,49,52)/t29-,30+,32?,33-,34-,35-,36+,39-,40-,41+/m0/s1. The molecule has 5 amide bonds. The second-order valence-corrected chi connectivity index (χ2v) is 18.4. The number of amides is 5. The van der Waals surface area contributed by atoms with E-state index in [9.17, 15) is 28.8 Å². The van der Waals surface area contributed by atoms with Crippen LogP contribution in [-0.4, -0.2) is 128 Å². The molecule has 2 aliphatic rings. The SMILES string of the molecule is CC[C@H](C)[C@@H]([C@@H](CC(=O)N1CCC[C@H]1[C@H](OC)[C@@H](C)C(=O)N[C@@H](Cc1ccccc1)C(=O)OC)OC)N(C)C(=O)[C@@H](NC(=O)CC1CC[C@H](NC(=O)OC(C)(C)C)C1)C(C)C. The molecule has 1 heterocycles. The number of nitrogens with zero attached hydrogens (tertiary/aromatic N) is 2. The summed E-state index contributed by atoms with van der Waals surface area (Å²) in [7, 11) is 6.05. The van der Waals surface area contributed by atoms with Gasteiger partial charge in [0.25, 0.3) is 0 Å². The summed E-state index contributed by atoms with van der Waals surface area (Å²) in [5.41, 5.74) is 0.264. The Morgan fingerprint density at radius 1 is 0.918 bits per heavy atom. The molecule has 3 N–H and O–H groups in total. The number of hydrogen-bond acceptors (Lipinski definition) is 10. The molecule has 1 saturated carbocycles. The van der Waals surface area contributed by atoms with Gasteiger partial charge in [0.05, 0.1) is 43.7 Å². The molecule has 1 unspecified atom stereocenters. The van der Waals surface area contributed by atoms with Crippen molar-refractivity contribution in [1.29, 1.82) is 0 Å². The molecule has 3 rings (SSSR count). The molecule has 1 saturated heterocycles. The molecule has 15 nitrogen and oxygen atoms in total. The van der Waals surface area contributed by atoms with Gasteiger partial charge in [-0.2, -0.15) is 0 Å². The van der Waals surface area contributed by atoms with E-state index < -0.39 is 65.9 Å². The molecule has 1 aromatic rings. The van der Waals surface area contributed by atoms with Crippen molar-refractivity contribution in [2.45, 2.75) is 161 Å². The van der Waals surface area contributed by atoms with Crippen LogP contribution in [0.15, 0.2) is 30.3 Å². The fraction of sp³-hybridized carbons (Fsp3) is 0.739. The normalized spacial score (nSPS) is 21.3. The first-order valence-corrected chi connectivity index (χ1v) is 22.1. The number of hydrogen-bond donors (Lipinski definition) is 3. The number of esters is 1. The van der Waals surface area contributed by atoms with Gasteiger partial charge in [-0.15, -0.1) is 0 Å². The highest BCUT2D eigenvalue weighted by atomic mass is 16.6. The highest BCUT2D eigenvalue weighted by Gasteiger charge is 2.43. The van der Waals surface area contributed by atoms with Crippen molar-refractivity contribution in [3.05, 3.63) is 35.9 Å². The lowest BCUT2D eigenvalue weighted by molar-refractivity contribution is -0.148. The Labute approximate surface area is 364 Å². The van der Waals surface area contributed by atoms with Gasteiger partial charge in [0.1, 0.15) is 17.7 Å². The van der Waals surface area contributed by atoms with Crippen molar-refractivity contribution >= 4 is 35.7 Å². The molecule has 1 aliphatic carbocycles. The molecule has 2 fully saturated rings. The van der Waals surface area contributed by atoms with Crippen LogP contribution in [0.2, 0.25) is 0 Å². The number of carbonyl (C=O) groups excluding carboxylic acids is 6. The van der Waals surface area contributed by atoms with Crippen LogP contribution in [0.3, 0.4) is 0 Å². The van der Waals surface area contributed by atoms with Crippen LogP contribution in [-0.2, 0) is 49.3 Å². The lowest BCUT2D eigenvalue weighted by Gasteiger charge is -2.41. The Kier molecular flexibility index (Phi) is 20.0. The largest absolute Gasteiger partial charge is 0.467 e. The van der Waals surface area contributed by atoms with Crippen molar-refractivity contribution in [3.63, 3.8) is 0 Å². The minimum Gasteiger partial charge on any atom is -0.467 e. The van der Waals surface area contributed by atoms with Crippen LogP contribution in [0.1, 0.15) is 112 Å². The highest BCUT2D eigenvalue weighted by molar-refractivity contribution is 5.88. The summed E-state index contributed by atoms with van der Waals surface area (Å²) < 4.78 is 22.4.